The Morgan fingerprint density at radius 3 is 2.46 bits per heavy atom. The highest BCUT2D eigenvalue weighted by Gasteiger charge is 2.18. The van der Waals surface area contributed by atoms with Crippen molar-refractivity contribution in [1.82, 2.24) is 29.3 Å². The average Bonchev–Trinajstić information content (AvgIpc) is 3.55. The van der Waals surface area contributed by atoms with Gasteiger partial charge in [0.25, 0.3) is 5.95 Å². The van der Waals surface area contributed by atoms with E-state index in [1.165, 1.54) is 22.6 Å². The number of imidazole rings is 1. The van der Waals surface area contributed by atoms with Crippen molar-refractivity contribution in [3.8, 4) is 11.8 Å². The van der Waals surface area contributed by atoms with Crippen LogP contribution in [-0.4, -0.2) is 41.9 Å². The van der Waals surface area contributed by atoms with Gasteiger partial charge in [0, 0.05) is 12.7 Å². The summed E-state index contributed by atoms with van der Waals surface area (Å²) in [7, 11) is 0. The van der Waals surface area contributed by atoms with Gasteiger partial charge in [0.1, 0.15) is 6.61 Å². The highest BCUT2D eigenvalue weighted by molar-refractivity contribution is 5.88. The Kier molecular flexibility index (Phi) is 6.47. The number of esters is 1. The molecule has 0 aliphatic carbocycles. The lowest BCUT2D eigenvalue weighted by Crippen LogP contribution is -2.08. The van der Waals surface area contributed by atoms with Crippen molar-refractivity contribution in [2.24, 2.45) is 0 Å². The summed E-state index contributed by atoms with van der Waals surface area (Å²) < 4.78 is 14.6. The fourth-order valence-electron chi connectivity index (χ4n) is 3.68. The molecule has 0 saturated heterocycles. The van der Waals surface area contributed by atoms with Crippen LogP contribution in [0, 0.1) is 0 Å². The predicted octanol–water partition coefficient (Wildman–Crippen LogP) is 4.01. The number of nitrogens with zero attached hydrogens (tertiary/aromatic N) is 6. The van der Waals surface area contributed by atoms with E-state index >= 15 is 0 Å². The van der Waals surface area contributed by atoms with E-state index in [2.05, 4.69) is 32.2 Å². The van der Waals surface area contributed by atoms with Crippen molar-refractivity contribution >= 4 is 17.1 Å². The van der Waals surface area contributed by atoms with E-state index in [4.69, 9.17) is 9.47 Å². The molecule has 3 aromatic heterocycles. The third-order valence-electron chi connectivity index (χ3n) is 5.43. The normalized spacial score (nSPS) is 11.0. The molecule has 176 valence electrons. The number of benzene rings is 2. The van der Waals surface area contributed by atoms with Crippen LogP contribution in [0.2, 0.25) is 0 Å². The number of carbonyl (C=O) groups excluding carboxylic acids is 1. The number of fused-ring (bicyclic) bond motifs is 1. The Balaban J connectivity index is 1.49. The maximum Gasteiger partial charge on any atom is 0.341 e. The topological polar surface area (TPSA) is 97.0 Å². The number of hydrogen-bond donors (Lipinski definition) is 0. The van der Waals surface area contributed by atoms with Gasteiger partial charge in [-0.05, 0) is 24.5 Å². The summed E-state index contributed by atoms with van der Waals surface area (Å²) in [5, 5.41) is 4.24. The minimum Gasteiger partial charge on any atom is -0.471 e. The molecule has 9 heteroatoms. The van der Waals surface area contributed by atoms with Crippen LogP contribution < -0.4 is 4.74 Å². The monoisotopic (exact) mass is 468 g/mol. The van der Waals surface area contributed by atoms with E-state index in [-0.39, 0.29) is 12.6 Å². The van der Waals surface area contributed by atoms with Gasteiger partial charge in [-0.3, -0.25) is 0 Å². The predicted molar refractivity (Wildman–Crippen MR) is 129 cm³/mol. The number of aromatic nitrogens is 6. The van der Waals surface area contributed by atoms with Gasteiger partial charge in [0.15, 0.2) is 11.2 Å². The quantitative estimate of drug-likeness (QED) is 0.302. The number of hydrogen-bond acceptors (Lipinski definition) is 7. The smallest absolute Gasteiger partial charge is 0.341 e. The number of carbonyl (C=O) groups is 1. The largest absolute Gasteiger partial charge is 0.471 e. The van der Waals surface area contributed by atoms with Crippen LogP contribution >= 0.6 is 0 Å². The van der Waals surface area contributed by atoms with Gasteiger partial charge in [0.2, 0.25) is 5.88 Å². The van der Waals surface area contributed by atoms with Gasteiger partial charge in [-0.2, -0.15) is 15.1 Å². The lowest BCUT2D eigenvalue weighted by atomic mass is 10.1. The summed E-state index contributed by atoms with van der Waals surface area (Å²) in [5.41, 5.74) is 3.75. The average molecular weight is 469 g/mol. The molecule has 3 heterocycles. The maximum absolute atomic E-state index is 12.1. The molecular formula is C26H24N6O3. The fourth-order valence-corrected chi connectivity index (χ4v) is 3.68. The molecule has 2 aromatic carbocycles. The van der Waals surface area contributed by atoms with Gasteiger partial charge in [-0.25, -0.2) is 14.5 Å². The van der Waals surface area contributed by atoms with Crippen LogP contribution in [0.1, 0.15) is 28.4 Å². The molecule has 0 N–H and O–H groups in total. The second kappa shape index (κ2) is 10.2. The molecule has 9 nitrogen and oxygen atoms in total. The van der Waals surface area contributed by atoms with Crippen LogP contribution in [-0.2, 0) is 24.3 Å². The van der Waals surface area contributed by atoms with Crippen molar-refractivity contribution in [3.63, 3.8) is 0 Å². The Labute approximate surface area is 202 Å². The first-order chi connectivity index (χ1) is 17.2. The van der Waals surface area contributed by atoms with Crippen molar-refractivity contribution in [1.29, 1.82) is 0 Å². The van der Waals surface area contributed by atoms with Crippen molar-refractivity contribution in [3.05, 3.63) is 96.1 Å². The molecule has 0 atom stereocenters. The van der Waals surface area contributed by atoms with E-state index in [0.717, 1.165) is 12.0 Å². The minimum atomic E-state index is -0.453. The molecule has 0 bridgehead atoms. The second-order valence-corrected chi connectivity index (χ2v) is 7.84. The zero-order valence-electron chi connectivity index (χ0n) is 19.2. The van der Waals surface area contributed by atoms with Gasteiger partial charge in [0.05, 0.1) is 24.7 Å². The van der Waals surface area contributed by atoms with Gasteiger partial charge >= 0.3 is 5.97 Å². The molecule has 0 unspecified atom stereocenters. The summed E-state index contributed by atoms with van der Waals surface area (Å²) in [4.78, 5) is 25.8. The summed E-state index contributed by atoms with van der Waals surface area (Å²) in [6, 6.07) is 20.1. The molecular weight excluding hydrogens is 444 g/mol. The van der Waals surface area contributed by atoms with Crippen LogP contribution in [0.4, 0.5) is 0 Å². The van der Waals surface area contributed by atoms with Crippen molar-refractivity contribution in [2.45, 2.75) is 26.5 Å². The Morgan fingerprint density at radius 1 is 0.971 bits per heavy atom. The van der Waals surface area contributed by atoms with Crippen molar-refractivity contribution < 1.29 is 14.3 Å². The minimum absolute atomic E-state index is 0.254. The molecule has 0 saturated carbocycles. The first kappa shape index (κ1) is 22.3. The second-order valence-electron chi connectivity index (χ2n) is 7.84. The first-order valence-corrected chi connectivity index (χ1v) is 11.4. The third kappa shape index (κ3) is 5.03. The Morgan fingerprint density at radius 2 is 1.71 bits per heavy atom. The molecule has 0 aliphatic heterocycles. The molecule has 0 radical (unpaired) electrons. The third-order valence-corrected chi connectivity index (χ3v) is 5.43. The lowest BCUT2D eigenvalue weighted by Gasteiger charge is -2.11. The first-order valence-electron chi connectivity index (χ1n) is 11.4. The van der Waals surface area contributed by atoms with Gasteiger partial charge < -0.3 is 14.0 Å². The Hall–Kier alpha value is -4.53. The van der Waals surface area contributed by atoms with E-state index in [0.29, 0.717) is 35.8 Å². The van der Waals surface area contributed by atoms with Crippen molar-refractivity contribution in [2.75, 3.05) is 6.61 Å². The van der Waals surface area contributed by atoms with Gasteiger partial charge in [-0.15, -0.1) is 0 Å². The van der Waals surface area contributed by atoms with Crippen LogP contribution in [0.25, 0.3) is 17.1 Å². The van der Waals surface area contributed by atoms with E-state index in [9.17, 15) is 4.79 Å². The summed E-state index contributed by atoms with van der Waals surface area (Å²) in [6.45, 7) is 3.07. The van der Waals surface area contributed by atoms with Gasteiger partial charge in [-0.1, -0.05) is 60.7 Å². The van der Waals surface area contributed by atoms with Crippen LogP contribution in [0.3, 0.4) is 0 Å². The Bertz CT molecular complexity index is 1430. The highest BCUT2D eigenvalue weighted by Crippen LogP contribution is 2.25. The molecule has 5 aromatic rings. The SMILES string of the molecule is CCOC(=O)c1cnn(-c2nc(OCc3ccccc3)c3c(ncn3CCc3ccccc3)n2)c1. The van der Waals surface area contributed by atoms with E-state index in [1.807, 2.05) is 53.1 Å². The molecule has 35 heavy (non-hydrogen) atoms. The summed E-state index contributed by atoms with van der Waals surface area (Å²) in [5.74, 6) is 0.197. The number of ether oxygens (including phenoxy) is 2. The number of aryl methyl sites for hydroxylation is 2. The highest BCUT2D eigenvalue weighted by atomic mass is 16.5. The molecule has 0 amide bonds. The molecule has 0 spiro atoms. The molecule has 0 aliphatic rings. The number of rotatable bonds is 9. The zero-order chi connectivity index (χ0) is 24.0. The molecule has 0 fully saturated rings. The van der Waals surface area contributed by atoms with Crippen LogP contribution in [0.15, 0.2) is 79.4 Å². The van der Waals surface area contributed by atoms with Crippen LogP contribution in [0.5, 0.6) is 5.88 Å². The van der Waals surface area contributed by atoms with E-state index in [1.54, 1.807) is 13.3 Å². The summed E-state index contributed by atoms with van der Waals surface area (Å²) in [6.07, 6.45) is 5.53. The fraction of sp³-hybridized carbons (Fsp3) is 0.192. The summed E-state index contributed by atoms with van der Waals surface area (Å²) >= 11 is 0. The zero-order valence-corrected chi connectivity index (χ0v) is 19.2. The maximum atomic E-state index is 12.1. The van der Waals surface area contributed by atoms with E-state index < -0.39 is 5.97 Å². The molecule has 5 rings (SSSR count). The standard InChI is InChI=1S/C26H24N6O3/c1-2-34-25(33)21-15-28-32(16-21)26-29-23-22(24(30-26)35-17-20-11-7-4-8-12-20)31(18-27-23)14-13-19-9-5-3-6-10-19/h3-12,15-16,18H,2,13-14,17H2,1H3. The lowest BCUT2D eigenvalue weighted by molar-refractivity contribution is 0.0526.